The van der Waals surface area contributed by atoms with Crippen LogP contribution in [0.1, 0.15) is 44.7 Å². The monoisotopic (exact) mass is 401 g/mol. The molecular formula is C19H26F3N3O3. The SMILES string of the molecule is CCN1C(=O)CCC12CCCN(Cc1ccccn1)CC2.O=C(O)C(F)(F)F. The molecule has 1 unspecified atom stereocenters. The average Bonchev–Trinajstić information content (AvgIpc) is 2.81. The molecule has 3 rings (SSSR count). The molecule has 1 spiro atoms. The minimum atomic E-state index is -5.08. The number of amides is 1. The molecule has 1 atom stereocenters. The molecule has 0 aliphatic carbocycles. The second-order valence-corrected chi connectivity index (χ2v) is 7.12. The molecule has 0 aromatic carbocycles. The number of carboxylic acids is 1. The first-order chi connectivity index (χ1) is 13.2. The molecule has 2 fully saturated rings. The van der Waals surface area contributed by atoms with Crippen molar-refractivity contribution in [1.82, 2.24) is 14.8 Å². The van der Waals surface area contributed by atoms with Crippen LogP contribution >= 0.6 is 0 Å². The van der Waals surface area contributed by atoms with Crippen LogP contribution in [0.2, 0.25) is 0 Å². The maximum absolute atomic E-state index is 12.1. The Balaban J connectivity index is 0.000000345. The van der Waals surface area contributed by atoms with Crippen LogP contribution in [0.3, 0.4) is 0 Å². The summed E-state index contributed by atoms with van der Waals surface area (Å²) in [5, 5.41) is 7.12. The molecule has 0 saturated carbocycles. The lowest BCUT2D eigenvalue weighted by Gasteiger charge is -2.37. The van der Waals surface area contributed by atoms with Crippen molar-refractivity contribution in [3.8, 4) is 0 Å². The summed E-state index contributed by atoms with van der Waals surface area (Å²) in [5.74, 6) is -2.40. The van der Waals surface area contributed by atoms with Crippen molar-refractivity contribution in [3.63, 3.8) is 0 Å². The summed E-state index contributed by atoms with van der Waals surface area (Å²) < 4.78 is 31.7. The van der Waals surface area contributed by atoms with Gasteiger partial charge in [0.05, 0.1) is 5.69 Å². The molecule has 0 bridgehead atoms. The number of carbonyl (C=O) groups excluding carboxylic acids is 1. The zero-order valence-electron chi connectivity index (χ0n) is 15.9. The summed E-state index contributed by atoms with van der Waals surface area (Å²) in [7, 11) is 0. The Morgan fingerprint density at radius 3 is 2.54 bits per heavy atom. The van der Waals surface area contributed by atoms with Gasteiger partial charge in [-0.05, 0) is 51.3 Å². The van der Waals surface area contributed by atoms with Gasteiger partial charge in [-0.15, -0.1) is 0 Å². The van der Waals surface area contributed by atoms with Gasteiger partial charge in [-0.25, -0.2) is 4.79 Å². The predicted octanol–water partition coefficient (Wildman–Crippen LogP) is 3.08. The fourth-order valence-corrected chi connectivity index (χ4v) is 4.02. The summed E-state index contributed by atoms with van der Waals surface area (Å²) in [6, 6.07) is 6.11. The van der Waals surface area contributed by atoms with Crippen LogP contribution in [0, 0.1) is 0 Å². The average molecular weight is 401 g/mol. The highest BCUT2D eigenvalue weighted by Gasteiger charge is 2.44. The largest absolute Gasteiger partial charge is 0.490 e. The molecule has 9 heteroatoms. The Hall–Kier alpha value is -2.16. The van der Waals surface area contributed by atoms with Crippen LogP contribution in [0.15, 0.2) is 24.4 Å². The summed E-state index contributed by atoms with van der Waals surface area (Å²) in [5.41, 5.74) is 1.29. The lowest BCUT2D eigenvalue weighted by Crippen LogP contribution is -2.46. The van der Waals surface area contributed by atoms with Gasteiger partial charge in [-0.3, -0.25) is 14.7 Å². The first-order valence-electron chi connectivity index (χ1n) is 9.41. The Morgan fingerprint density at radius 2 is 1.96 bits per heavy atom. The Kier molecular flexibility index (Phi) is 7.40. The van der Waals surface area contributed by atoms with Crippen molar-refractivity contribution in [1.29, 1.82) is 0 Å². The number of carboxylic acid groups (broad SMARTS) is 1. The van der Waals surface area contributed by atoms with E-state index < -0.39 is 12.1 Å². The van der Waals surface area contributed by atoms with Crippen LogP contribution in [0.5, 0.6) is 0 Å². The fraction of sp³-hybridized carbons (Fsp3) is 0.632. The second-order valence-electron chi connectivity index (χ2n) is 7.12. The number of rotatable bonds is 3. The highest BCUT2D eigenvalue weighted by Crippen LogP contribution is 2.38. The van der Waals surface area contributed by atoms with E-state index in [-0.39, 0.29) is 5.54 Å². The molecule has 1 aromatic rings. The molecule has 156 valence electrons. The molecule has 0 radical (unpaired) electrons. The molecule has 2 saturated heterocycles. The van der Waals surface area contributed by atoms with E-state index in [1.54, 1.807) is 0 Å². The van der Waals surface area contributed by atoms with Crippen molar-refractivity contribution < 1.29 is 27.9 Å². The predicted molar refractivity (Wildman–Crippen MR) is 96.4 cm³/mol. The van der Waals surface area contributed by atoms with Crippen molar-refractivity contribution in [3.05, 3.63) is 30.1 Å². The van der Waals surface area contributed by atoms with E-state index in [0.29, 0.717) is 5.91 Å². The normalized spacial score (nSPS) is 23.3. The van der Waals surface area contributed by atoms with Crippen molar-refractivity contribution >= 4 is 11.9 Å². The van der Waals surface area contributed by atoms with E-state index in [0.717, 1.165) is 57.6 Å². The molecule has 1 amide bonds. The molecule has 3 heterocycles. The minimum Gasteiger partial charge on any atom is -0.475 e. The fourth-order valence-electron chi connectivity index (χ4n) is 4.02. The maximum Gasteiger partial charge on any atom is 0.490 e. The van der Waals surface area contributed by atoms with E-state index in [2.05, 4.69) is 33.8 Å². The van der Waals surface area contributed by atoms with Crippen molar-refractivity contribution in [2.45, 2.75) is 57.3 Å². The summed E-state index contributed by atoms with van der Waals surface area (Å²) in [6.07, 6.45) is 2.02. The highest BCUT2D eigenvalue weighted by atomic mass is 19.4. The first-order valence-corrected chi connectivity index (χ1v) is 9.41. The lowest BCUT2D eigenvalue weighted by atomic mass is 9.88. The number of likely N-dealkylation sites (tertiary alicyclic amines) is 2. The highest BCUT2D eigenvalue weighted by molar-refractivity contribution is 5.79. The number of hydrogen-bond donors (Lipinski definition) is 1. The van der Waals surface area contributed by atoms with E-state index in [1.165, 1.54) is 6.42 Å². The maximum atomic E-state index is 12.1. The standard InChI is InChI=1S/C17H25N3O.C2HF3O2/c1-2-20-16(21)7-9-17(20)8-5-12-19(13-10-17)14-15-6-3-4-11-18-15;3-2(4,5)1(6)7/h3-4,6,11H,2,5,7-10,12-14H2,1H3;(H,6,7). The van der Waals surface area contributed by atoms with Gasteiger partial charge in [0, 0.05) is 37.8 Å². The smallest absolute Gasteiger partial charge is 0.475 e. The third kappa shape index (κ3) is 5.67. The van der Waals surface area contributed by atoms with Gasteiger partial charge < -0.3 is 10.0 Å². The second kappa shape index (κ2) is 9.36. The zero-order chi connectivity index (χ0) is 20.8. The molecule has 1 aromatic heterocycles. The minimum absolute atomic E-state index is 0.144. The van der Waals surface area contributed by atoms with E-state index in [9.17, 15) is 18.0 Å². The van der Waals surface area contributed by atoms with Crippen molar-refractivity contribution in [2.24, 2.45) is 0 Å². The third-order valence-electron chi connectivity index (χ3n) is 5.36. The first kappa shape index (κ1) is 22.1. The summed E-state index contributed by atoms with van der Waals surface area (Å²) in [4.78, 5) is 30.0. The zero-order valence-corrected chi connectivity index (χ0v) is 15.9. The van der Waals surface area contributed by atoms with Crippen LogP contribution in [0.25, 0.3) is 0 Å². The quantitative estimate of drug-likeness (QED) is 0.843. The summed E-state index contributed by atoms with van der Waals surface area (Å²) >= 11 is 0. The van der Waals surface area contributed by atoms with E-state index in [1.807, 2.05) is 12.3 Å². The molecule has 28 heavy (non-hydrogen) atoms. The van der Waals surface area contributed by atoms with Crippen LogP contribution in [-0.4, -0.2) is 63.1 Å². The molecule has 2 aliphatic heterocycles. The molecular weight excluding hydrogens is 375 g/mol. The van der Waals surface area contributed by atoms with Crippen LogP contribution in [0.4, 0.5) is 13.2 Å². The van der Waals surface area contributed by atoms with E-state index >= 15 is 0 Å². The Bertz CT molecular complexity index is 669. The number of halogens is 3. The van der Waals surface area contributed by atoms with Gasteiger partial charge in [0.15, 0.2) is 0 Å². The Labute approximate surface area is 162 Å². The third-order valence-corrected chi connectivity index (χ3v) is 5.36. The number of alkyl halides is 3. The number of hydrogen-bond acceptors (Lipinski definition) is 4. The van der Waals surface area contributed by atoms with Crippen LogP contribution < -0.4 is 0 Å². The van der Waals surface area contributed by atoms with Gasteiger partial charge in [-0.2, -0.15) is 13.2 Å². The molecule has 1 N–H and O–H groups in total. The number of carbonyl (C=O) groups is 2. The van der Waals surface area contributed by atoms with Gasteiger partial charge >= 0.3 is 12.1 Å². The van der Waals surface area contributed by atoms with Gasteiger partial charge in [0.2, 0.25) is 5.91 Å². The van der Waals surface area contributed by atoms with Gasteiger partial charge in [0.1, 0.15) is 0 Å². The lowest BCUT2D eigenvalue weighted by molar-refractivity contribution is -0.192. The number of aromatic nitrogens is 1. The van der Waals surface area contributed by atoms with E-state index in [4.69, 9.17) is 9.90 Å². The number of pyridine rings is 1. The summed E-state index contributed by atoms with van der Waals surface area (Å²) in [6.45, 7) is 6.09. The Morgan fingerprint density at radius 1 is 1.25 bits per heavy atom. The molecule has 6 nitrogen and oxygen atoms in total. The van der Waals surface area contributed by atoms with Crippen molar-refractivity contribution in [2.75, 3.05) is 19.6 Å². The number of aliphatic carboxylic acids is 1. The van der Waals surface area contributed by atoms with Gasteiger partial charge in [0.25, 0.3) is 0 Å². The van der Waals surface area contributed by atoms with Gasteiger partial charge in [-0.1, -0.05) is 6.07 Å². The topological polar surface area (TPSA) is 73.7 Å². The number of nitrogens with zero attached hydrogens (tertiary/aromatic N) is 3. The van der Waals surface area contributed by atoms with Crippen LogP contribution in [-0.2, 0) is 16.1 Å². The molecule has 2 aliphatic rings.